The quantitative estimate of drug-likeness (QED) is 0.422. The molecular formula is C27H31BrN2O. The zero-order valence-electron chi connectivity index (χ0n) is 18.5. The van der Waals surface area contributed by atoms with Crippen molar-refractivity contribution in [3.05, 3.63) is 100 Å². The SMILES string of the molecule is COc1cccc(C(c2ccc(Br)cc2)N2C[C@@H](C)N(Cc3ccccc3)C[C@@H]2C)c1. The minimum absolute atomic E-state index is 0.194. The van der Waals surface area contributed by atoms with Crippen LogP contribution in [0.2, 0.25) is 0 Å². The van der Waals surface area contributed by atoms with Gasteiger partial charge in [-0.1, -0.05) is 70.5 Å². The van der Waals surface area contributed by atoms with Gasteiger partial charge in [-0.05, 0) is 54.8 Å². The van der Waals surface area contributed by atoms with Crippen LogP contribution in [-0.2, 0) is 6.54 Å². The van der Waals surface area contributed by atoms with Gasteiger partial charge in [0.2, 0.25) is 0 Å². The van der Waals surface area contributed by atoms with E-state index < -0.39 is 0 Å². The first-order valence-electron chi connectivity index (χ1n) is 11.0. The molecule has 1 saturated heterocycles. The zero-order valence-corrected chi connectivity index (χ0v) is 20.1. The molecule has 3 nitrogen and oxygen atoms in total. The number of hydrogen-bond acceptors (Lipinski definition) is 3. The van der Waals surface area contributed by atoms with Crippen LogP contribution in [0, 0.1) is 0 Å². The Morgan fingerprint density at radius 1 is 0.871 bits per heavy atom. The summed E-state index contributed by atoms with van der Waals surface area (Å²) >= 11 is 3.59. The summed E-state index contributed by atoms with van der Waals surface area (Å²) in [5.41, 5.74) is 3.97. The van der Waals surface area contributed by atoms with Crippen molar-refractivity contribution in [1.82, 2.24) is 9.80 Å². The molecule has 1 heterocycles. The van der Waals surface area contributed by atoms with Gasteiger partial charge in [-0.15, -0.1) is 0 Å². The van der Waals surface area contributed by atoms with Crippen LogP contribution in [0.25, 0.3) is 0 Å². The number of ether oxygens (including phenoxy) is 1. The van der Waals surface area contributed by atoms with Gasteiger partial charge >= 0.3 is 0 Å². The first-order valence-corrected chi connectivity index (χ1v) is 11.8. The number of methoxy groups -OCH3 is 1. The van der Waals surface area contributed by atoms with Crippen LogP contribution in [-0.4, -0.2) is 42.1 Å². The van der Waals surface area contributed by atoms with Gasteiger partial charge in [0.1, 0.15) is 5.75 Å². The highest BCUT2D eigenvalue weighted by atomic mass is 79.9. The minimum atomic E-state index is 0.194. The molecule has 0 aromatic heterocycles. The van der Waals surface area contributed by atoms with E-state index in [4.69, 9.17) is 4.74 Å². The van der Waals surface area contributed by atoms with E-state index >= 15 is 0 Å². The Hall–Kier alpha value is -2.14. The predicted molar refractivity (Wildman–Crippen MR) is 131 cm³/mol. The molecule has 0 aliphatic carbocycles. The maximum Gasteiger partial charge on any atom is 0.119 e. The van der Waals surface area contributed by atoms with Crippen molar-refractivity contribution in [3.8, 4) is 5.75 Å². The number of benzene rings is 3. The molecule has 0 saturated carbocycles. The van der Waals surface area contributed by atoms with E-state index in [0.29, 0.717) is 12.1 Å². The second-order valence-corrected chi connectivity index (χ2v) is 9.46. The molecule has 1 aliphatic heterocycles. The molecule has 162 valence electrons. The minimum Gasteiger partial charge on any atom is -0.497 e. The molecule has 4 heteroatoms. The highest BCUT2D eigenvalue weighted by Crippen LogP contribution is 2.35. The van der Waals surface area contributed by atoms with Crippen molar-refractivity contribution in [2.75, 3.05) is 20.2 Å². The summed E-state index contributed by atoms with van der Waals surface area (Å²) in [6, 6.07) is 29.2. The monoisotopic (exact) mass is 478 g/mol. The van der Waals surface area contributed by atoms with Crippen LogP contribution in [0.3, 0.4) is 0 Å². The first-order chi connectivity index (χ1) is 15.0. The van der Waals surface area contributed by atoms with E-state index in [2.05, 4.69) is 112 Å². The molecule has 0 radical (unpaired) electrons. The molecule has 0 bridgehead atoms. The molecule has 4 rings (SSSR count). The summed E-state index contributed by atoms with van der Waals surface area (Å²) in [7, 11) is 1.74. The van der Waals surface area contributed by atoms with Crippen LogP contribution in [0.5, 0.6) is 5.75 Å². The zero-order chi connectivity index (χ0) is 21.8. The van der Waals surface area contributed by atoms with Gasteiger partial charge < -0.3 is 4.74 Å². The third-order valence-electron chi connectivity index (χ3n) is 6.32. The van der Waals surface area contributed by atoms with Crippen molar-refractivity contribution >= 4 is 15.9 Å². The number of hydrogen-bond donors (Lipinski definition) is 0. The molecule has 1 unspecified atom stereocenters. The van der Waals surface area contributed by atoms with Gasteiger partial charge in [0.05, 0.1) is 13.2 Å². The van der Waals surface area contributed by atoms with Gasteiger partial charge in [-0.3, -0.25) is 9.80 Å². The van der Waals surface area contributed by atoms with Gasteiger partial charge in [-0.2, -0.15) is 0 Å². The average molecular weight is 479 g/mol. The molecule has 31 heavy (non-hydrogen) atoms. The maximum absolute atomic E-state index is 5.54. The molecule has 1 aliphatic rings. The smallest absolute Gasteiger partial charge is 0.119 e. The lowest BCUT2D eigenvalue weighted by atomic mass is 9.93. The van der Waals surface area contributed by atoms with Crippen LogP contribution in [0.4, 0.5) is 0 Å². The highest BCUT2D eigenvalue weighted by Gasteiger charge is 2.34. The topological polar surface area (TPSA) is 15.7 Å². The van der Waals surface area contributed by atoms with Gasteiger partial charge in [-0.25, -0.2) is 0 Å². The molecule has 1 fully saturated rings. The fourth-order valence-corrected chi connectivity index (χ4v) is 4.92. The lowest BCUT2D eigenvalue weighted by molar-refractivity contribution is 0.0195. The normalized spacial score (nSPS) is 21.0. The average Bonchev–Trinajstić information content (AvgIpc) is 2.79. The third kappa shape index (κ3) is 5.20. The van der Waals surface area contributed by atoms with Crippen molar-refractivity contribution in [1.29, 1.82) is 0 Å². The maximum atomic E-state index is 5.54. The molecule has 3 aromatic rings. The predicted octanol–water partition coefficient (Wildman–Crippen LogP) is 6.14. The largest absolute Gasteiger partial charge is 0.497 e. The summed E-state index contributed by atoms with van der Waals surface area (Å²) in [6.07, 6.45) is 0. The standard InChI is InChI=1S/C27H31BrN2O/c1-20-18-30(21(2)17-29(20)19-22-8-5-4-6-9-22)27(23-12-14-25(28)15-13-23)24-10-7-11-26(16-24)31-3/h4-16,20-21,27H,17-19H2,1-3H3/t20-,21+,27?/m1/s1. The van der Waals surface area contributed by atoms with Crippen molar-refractivity contribution < 1.29 is 4.74 Å². The third-order valence-corrected chi connectivity index (χ3v) is 6.85. The Morgan fingerprint density at radius 2 is 1.61 bits per heavy atom. The van der Waals surface area contributed by atoms with Gasteiger partial charge in [0.25, 0.3) is 0 Å². The van der Waals surface area contributed by atoms with E-state index in [9.17, 15) is 0 Å². The van der Waals surface area contributed by atoms with Gasteiger partial charge in [0, 0.05) is 36.2 Å². The summed E-state index contributed by atoms with van der Waals surface area (Å²) in [6.45, 7) is 7.78. The van der Waals surface area contributed by atoms with Crippen molar-refractivity contribution in [2.24, 2.45) is 0 Å². The second kappa shape index (κ2) is 9.99. The lowest BCUT2D eigenvalue weighted by Gasteiger charge is -2.47. The van der Waals surface area contributed by atoms with Crippen LogP contribution >= 0.6 is 15.9 Å². The number of halogens is 1. The highest BCUT2D eigenvalue weighted by molar-refractivity contribution is 9.10. The summed E-state index contributed by atoms with van der Waals surface area (Å²) < 4.78 is 6.65. The van der Waals surface area contributed by atoms with Gasteiger partial charge in [0.15, 0.2) is 0 Å². The van der Waals surface area contributed by atoms with E-state index in [1.807, 2.05) is 6.07 Å². The second-order valence-electron chi connectivity index (χ2n) is 8.54. The Morgan fingerprint density at radius 3 is 2.32 bits per heavy atom. The van der Waals surface area contributed by atoms with E-state index in [1.54, 1.807) is 7.11 Å². The fraction of sp³-hybridized carbons (Fsp3) is 0.333. The van der Waals surface area contributed by atoms with Crippen molar-refractivity contribution in [2.45, 2.75) is 38.5 Å². The number of rotatable bonds is 6. The Labute approximate surface area is 194 Å². The lowest BCUT2D eigenvalue weighted by Crippen LogP contribution is -2.56. The molecule has 3 atom stereocenters. The molecule has 0 spiro atoms. The summed E-state index contributed by atoms with van der Waals surface area (Å²) in [5.74, 6) is 0.906. The Bertz CT molecular complexity index is 976. The van der Waals surface area contributed by atoms with Crippen LogP contribution < -0.4 is 4.74 Å². The van der Waals surface area contributed by atoms with E-state index in [0.717, 1.165) is 29.9 Å². The fourth-order valence-electron chi connectivity index (χ4n) is 4.65. The van der Waals surface area contributed by atoms with Crippen molar-refractivity contribution in [3.63, 3.8) is 0 Å². The summed E-state index contributed by atoms with van der Waals surface area (Å²) in [4.78, 5) is 5.27. The van der Waals surface area contributed by atoms with Crippen LogP contribution in [0.15, 0.2) is 83.3 Å². The Balaban J connectivity index is 1.63. The van der Waals surface area contributed by atoms with E-state index in [-0.39, 0.29) is 6.04 Å². The molecule has 0 amide bonds. The summed E-state index contributed by atoms with van der Waals surface area (Å²) in [5, 5.41) is 0. The first kappa shape index (κ1) is 22.1. The number of piperazine rings is 1. The molecular weight excluding hydrogens is 448 g/mol. The number of nitrogens with zero attached hydrogens (tertiary/aromatic N) is 2. The van der Waals surface area contributed by atoms with E-state index in [1.165, 1.54) is 16.7 Å². The molecule has 3 aromatic carbocycles. The molecule has 0 N–H and O–H groups in total. The Kier molecular flexibility index (Phi) is 7.11. The van der Waals surface area contributed by atoms with Crippen LogP contribution in [0.1, 0.15) is 36.6 Å².